The van der Waals surface area contributed by atoms with Crippen LogP contribution in [0.15, 0.2) is 24.3 Å². The lowest BCUT2D eigenvalue weighted by molar-refractivity contribution is -0.161. The van der Waals surface area contributed by atoms with E-state index in [1.807, 2.05) is 27.7 Å². The Balaban J connectivity index is 3.23. The van der Waals surface area contributed by atoms with Crippen LogP contribution >= 0.6 is 0 Å². The lowest BCUT2D eigenvalue weighted by atomic mass is 9.64. The highest BCUT2D eigenvalue weighted by molar-refractivity contribution is 6.74. The normalized spacial score (nSPS) is 27.3. The molecule has 0 saturated carbocycles. The van der Waals surface area contributed by atoms with E-state index in [1.54, 1.807) is 6.08 Å². The van der Waals surface area contributed by atoms with E-state index in [1.165, 1.54) is 0 Å². The second-order valence-corrected chi connectivity index (χ2v) is 15.5. The van der Waals surface area contributed by atoms with Crippen LogP contribution in [0.5, 0.6) is 0 Å². The molecule has 0 bridgehead atoms. The van der Waals surface area contributed by atoms with Gasteiger partial charge in [-0.05, 0) is 63.9 Å². The van der Waals surface area contributed by atoms with Crippen molar-refractivity contribution in [2.75, 3.05) is 6.61 Å². The molecule has 4 atom stereocenters. The Morgan fingerprint density at radius 2 is 1.90 bits per heavy atom. The number of aliphatic hydroxyl groups is 1. The van der Waals surface area contributed by atoms with Crippen LogP contribution in [0.3, 0.4) is 0 Å². The molecule has 4 nitrogen and oxygen atoms in total. The first-order valence-electron chi connectivity index (χ1n) is 11.0. The van der Waals surface area contributed by atoms with Gasteiger partial charge in [-0.1, -0.05) is 59.1 Å². The van der Waals surface area contributed by atoms with E-state index in [0.29, 0.717) is 13.0 Å². The summed E-state index contributed by atoms with van der Waals surface area (Å²) in [6.45, 7) is 27.3. The fourth-order valence-electron chi connectivity index (χ4n) is 3.50. The minimum absolute atomic E-state index is 0.0250. The van der Waals surface area contributed by atoms with E-state index < -0.39 is 31.2 Å². The lowest BCUT2D eigenvalue weighted by Gasteiger charge is -2.48. The van der Waals surface area contributed by atoms with E-state index in [9.17, 15) is 5.11 Å². The molecule has 0 fully saturated rings. The maximum Gasteiger partial charge on any atom is 0.192 e. The molecule has 0 aromatic rings. The van der Waals surface area contributed by atoms with Crippen molar-refractivity contribution in [3.8, 4) is 11.8 Å². The molecule has 1 aliphatic carbocycles. The molecule has 1 N–H and O–H groups in total. The van der Waals surface area contributed by atoms with Crippen molar-refractivity contribution in [3.63, 3.8) is 0 Å². The molecule has 0 aromatic heterocycles. The van der Waals surface area contributed by atoms with Gasteiger partial charge in [0.25, 0.3) is 0 Å². The Hall–Kier alpha value is -0.903. The second-order valence-electron chi connectivity index (χ2n) is 10.8. The molecule has 0 heterocycles. The standard InChI is InChI=1S/C25H44O4Si/c1-13-24(10,28-20(4)27-14-2)15-16-25(26)19(3)17-21(18-23(25,8)9)29-30(11,12)22(5,6)7/h13,17,20-21,26H,1,14,18H2,2-12H3/t20?,21-,24?,25?/m1/s1. The molecule has 0 spiro atoms. The quantitative estimate of drug-likeness (QED) is 0.236. The zero-order chi connectivity index (χ0) is 23.6. The Morgan fingerprint density at radius 1 is 1.33 bits per heavy atom. The zero-order valence-corrected chi connectivity index (χ0v) is 22.1. The average Bonchev–Trinajstić information content (AvgIpc) is 2.56. The van der Waals surface area contributed by atoms with Crippen molar-refractivity contribution in [3.05, 3.63) is 24.3 Å². The largest absolute Gasteiger partial charge is 0.411 e. The highest BCUT2D eigenvalue weighted by atomic mass is 28.4. The fraction of sp³-hybridized carbons (Fsp3) is 0.760. The molecule has 0 aliphatic heterocycles. The minimum atomic E-state index is -1.92. The highest BCUT2D eigenvalue weighted by Gasteiger charge is 2.50. The van der Waals surface area contributed by atoms with Crippen LogP contribution in [-0.2, 0) is 13.9 Å². The van der Waals surface area contributed by atoms with Crippen molar-refractivity contribution in [1.82, 2.24) is 0 Å². The van der Waals surface area contributed by atoms with Crippen LogP contribution in [0.25, 0.3) is 0 Å². The SMILES string of the molecule is C=CC(C)(C#CC1(O)C(C)=C[C@@H](O[Si](C)(C)C(C)(C)C)CC1(C)C)OC(C)OCC. The van der Waals surface area contributed by atoms with Gasteiger partial charge in [0.05, 0.1) is 6.10 Å². The average molecular weight is 437 g/mol. The van der Waals surface area contributed by atoms with E-state index in [0.717, 1.165) is 5.57 Å². The summed E-state index contributed by atoms with van der Waals surface area (Å²) in [7, 11) is -1.92. The summed E-state index contributed by atoms with van der Waals surface area (Å²) < 4.78 is 18.0. The molecule has 172 valence electrons. The molecule has 0 amide bonds. The third kappa shape index (κ3) is 6.08. The van der Waals surface area contributed by atoms with Gasteiger partial charge in [0.1, 0.15) is 5.60 Å². The number of rotatable bonds is 7. The van der Waals surface area contributed by atoms with Gasteiger partial charge < -0.3 is 19.0 Å². The van der Waals surface area contributed by atoms with Gasteiger partial charge in [0, 0.05) is 12.0 Å². The maximum absolute atomic E-state index is 11.6. The molecular formula is C25H44O4Si. The summed E-state index contributed by atoms with van der Waals surface area (Å²) in [5.74, 6) is 6.26. The Bertz CT molecular complexity index is 707. The van der Waals surface area contributed by atoms with Crippen molar-refractivity contribution >= 4 is 8.32 Å². The second kappa shape index (κ2) is 9.30. The van der Waals surface area contributed by atoms with Crippen molar-refractivity contribution in [2.24, 2.45) is 5.41 Å². The lowest BCUT2D eigenvalue weighted by Crippen LogP contribution is -2.52. The van der Waals surface area contributed by atoms with Gasteiger partial charge in [0.2, 0.25) is 0 Å². The molecule has 30 heavy (non-hydrogen) atoms. The van der Waals surface area contributed by atoms with Crippen molar-refractivity contribution in [1.29, 1.82) is 0 Å². The molecular weight excluding hydrogens is 392 g/mol. The van der Waals surface area contributed by atoms with Gasteiger partial charge >= 0.3 is 0 Å². The van der Waals surface area contributed by atoms with Crippen molar-refractivity contribution in [2.45, 2.75) is 110 Å². The summed E-state index contributed by atoms with van der Waals surface area (Å²) >= 11 is 0. The third-order valence-corrected chi connectivity index (χ3v) is 11.1. The predicted molar refractivity (Wildman–Crippen MR) is 128 cm³/mol. The van der Waals surface area contributed by atoms with Crippen LogP contribution in [0.4, 0.5) is 0 Å². The molecule has 0 saturated heterocycles. The van der Waals surface area contributed by atoms with Crippen LogP contribution in [0, 0.1) is 17.3 Å². The molecule has 3 unspecified atom stereocenters. The molecule has 0 radical (unpaired) electrons. The number of hydrogen-bond acceptors (Lipinski definition) is 4. The van der Waals surface area contributed by atoms with Gasteiger partial charge in [-0.25, -0.2) is 0 Å². The summed E-state index contributed by atoms with van der Waals surface area (Å²) in [4.78, 5) is 0. The van der Waals surface area contributed by atoms with Crippen molar-refractivity contribution < 1.29 is 19.0 Å². The molecule has 1 aliphatic rings. The van der Waals surface area contributed by atoms with Gasteiger partial charge in [-0.2, -0.15) is 0 Å². The maximum atomic E-state index is 11.6. The zero-order valence-electron chi connectivity index (χ0n) is 21.1. The van der Waals surface area contributed by atoms with Crippen LogP contribution < -0.4 is 0 Å². The first-order valence-corrected chi connectivity index (χ1v) is 13.9. The monoisotopic (exact) mass is 436 g/mol. The fourth-order valence-corrected chi connectivity index (χ4v) is 4.76. The van der Waals surface area contributed by atoms with Gasteiger partial charge in [-0.3, -0.25) is 0 Å². The molecule has 0 aromatic carbocycles. The summed E-state index contributed by atoms with van der Waals surface area (Å²) in [5.41, 5.74) is -1.86. The van der Waals surface area contributed by atoms with Crippen LogP contribution in [-0.4, -0.2) is 43.6 Å². The smallest absolute Gasteiger partial charge is 0.192 e. The van der Waals surface area contributed by atoms with E-state index in [2.05, 4.69) is 72.2 Å². The van der Waals surface area contributed by atoms with Crippen LogP contribution in [0.1, 0.15) is 68.7 Å². The topological polar surface area (TPSA) is 47.9 Å². The Kier molecular flexibility index (Phi) is 8.41. The third-order valence-electron chi connectivity index (χ3n) is 6.64. The first kappa shape index (κ1) is 27.1. The highest BCUT2D eigenvalue weighted by Crippen LogP contribution is 2.47. The number of hydrogen-bond donors (Lipinski definition) is 1. The number of ether oxygens (including phenoxy) is 2. The predicted octanol–water partition coefficient (Wildman–Crippen LogP) is 5.83. The Morgan fingerprint density at radius 3 is 2.33 bits per heavy atom. The first-order chi connectivity index (χ1) is 13.4. The Labute approximate surface area is 186 Å². The summed E-state index contributed by atoms with van der Waals surface area (Å²) in [5, 5.41) is 11.8. The molecule has 5 heteroatoms. The summed E-state index contributed by atoms with van der Waals surface area (Å²) in [6, 6.07) is 0. The molecule has 1 rings (SSSR count). The van der Waals surface area contributed by atoms with Crippen LogP contribution in [0.2, 0.25) is 18.1 Å². The van der Waals surface area contributed by atoms with E-state index in [4.69, 9.17) is 13.9 Å². The minimum Gasteiger partial charge on any atom is -0.411 e. The van der Waals surface area contributed by atoms with Gasteiger partial charge in [-0.15, -0.1) is 0 Å². The summed E-state index contributed by atoms with van der Waals surface area (Å²) in [6.07, 6.45) is 3.96. The van der Waals surface area contributed by atoms with E-state index in [-0.39, 0.29) is 11.1 Å². The van der Waals surface area contributed by atoms with E-state index >= 15 is 0 Å². The van der Waals surface area contributed by atoms with Gasteiger partial charge in [0.15, 0.2) is 20.2 Å².